The van der Waals surface area contributed by atoms with Crippen LogP contribution in [0.1, 0.15) is 18.9 Å². The van der Waals surface area contributed by atoms with Crippen molar-refractivity contribution in [1.82, 2.24) is 19.7 Å². The Morgan fingerprint density at radius 3 is 2.64 bits per heavy atom. The summed E-state index contributed by atoms with van der Waals surface area (Å²) in [5.41, 5.74) is -0.823. The molecule has 1 fully saturated rings. The Labute approximate surface area is 158 Å². The Morgan fingerprint density at radius 1 is 1.29 bits per heavy atom. The lowest BCUT2D eigenvalue weighted by Crippen LogP contribution is -2.47. The highest BCUT2D eigenvalue weighted by atomic mass is 19.4. The summed E-state index contributed by atoms with van der Waals surface area (Å²) in [6.07, 6.45) is -1.64. The predicted molar refractivity (Wildman–Crippen MR) is 91.9 cm³/mol. The number of piperidine rings is 1. The van der Waals surface area contributed by atoms with Gasteiger partial charge in [0.15, 0.2) is 0 Å². The number of amides is 2. The van der Waals surface area contributed by atoms with E-state index in [0.29, 0.717) is 13.0 Å². The molecule has 8 nitrogen and oxygen atoms in total. The molecule has 2 heterocycles. The summed E-state index contributed by atoms with van der Waals surface area (Å²) in [7, 11) is 0. The fourth-order valence-corrected chi connectivity index (χ4v) is 3.24. The highest BCUT2D eigenvalue weighted by Crippen LogP contribution is 2.33. The van der Waals surface area contributed by atoms with Gasteiger partial charge in [0.25, 0.3) is 0 Å². The van der Waals surface area contributed by atoms with Crippen LogP contribution in [0.3, 0.4) is 0 Å². The fraction of sp³-hybridized carbons (Fsp3) is 0.412. The Hall–Kier alpha value is -3.11. The molecule has 1 aromatic heterocycles. The van der Waals surface area contributed by atoms with Crippen LogP contribution in [0.25, 0.3) is 5.69 Å². The quantitative estimate of drug-likeness (QED) is 0.830. The normalized spacial score (nSPS) is 20.1. The number of carbonyl (C=O) groups is 2. The van der Waals surface area contributed by atoms with E-state index in [2.05, 4.69) is 15.4 Å². The monoisotopic (exact) mass is 397 g/mol. The van der Waals surface area contributed by atoms with Gasteiger partial charge in [0.2, 0.25) is 0 Å². The number of likely N-dealkylation sites (tertiary alicyclic amines) is 1. The van der Waals surface area contributed by atoms with Crippen LogP contribution in [0.4, 0.5) is 23.7 Å². The molecule has 150 valence electrons. The number of aliphatic carboxylic acids is 1. The molecule has 2 unspecified atom stereocenters. The number of halogens is 3. The molecule has 1 saturated heterocycles. The van der Waals surface area contributed by atoms with Crippen molar-refractivity contribution < 1.29 is 27.9 Å². The summed E-state index contributed by atoms with van der Waals surface area (Å²) >= 11 is 0. The molecule has 0 spiro atoms. The van der Waals surface area contributed by atoms with E-state index in [1.807, 2.05) is 6.92 Å². The highest BCUT2D eigenvalue weighted by Gasteiger charge is 2.34. The molecule has 1 aliphatic rings. The van der Waals surface area contributed by atoms with Crippen LogP contribution in [-0.2, 0) is 11.0 Å². The number of aromatic nitrogens is 3. The van der Waals surface area contributed by atoms with Crippen molar-refractivity contribution in [2.24, 2.45) is 11.8 Å². The first-order valence-corrected chi connectivity index (χ1v) is 8.50. The van der Waals surface area contributed by atoms with E-state index in [9.17, 15) is 27.9 Å². The number of carboxylic acids is 1. The summed E-state index contributed by atoms with van der Waals surface area (Å²) in [4.78, 5) is 29.0. The number of hydrogen-bond donors (Lipinski definition) is 2. The van der Waals surface area contributed by atoms with Gasteiger partial charge in [0.1, 0.15) is 12.7 Å². The topological polar surface area (TPSA) is 100 Å². The minimum atomic E-state index is -4.59. The average molecular weight is 397 g/mol. The third kappa shape index (κ3) is 4.24. The molecule has 28 heavy (non-hydrogen) atoms. The van der Waals surface area contributed by atoms with E-state index in [-0.39, 0.29) is 23.8 Å². The molecule has 0 bridgehead atoms. The number of carboxylic acid groups (broad SMARTS) is 1. The average Bonchev–Trinajstić information content (AvgIpc) is 3.14. The molecule has 1 aliphatic heterocycles. The van der Waals surface area contributed by atoms with Crippen LogP contribution < -0.4 is 5.32 Å². The van der Waals surface area contributed by atoms with E-state index in [1.54, 1.807) is 0 Å². The third-order valence-corrected chi connectivity index (χ3v) is 4.53. The third-order valence-electron chi connectivity index (χ3n) is 4.53. The number of anilines is 1. The molecule has 1 aromatic carbocycles. The summed E-state index contributed by atoms with van der Waals surface area (Å²) in [5, 5.41) is 15.6. The molecule has 2 atom stereocenters. The van der Waals surface area contributed by atoms with Gasteiger partial charge in [-0.15, -0.1) is 0 Å². The van der Waals surface area contributed by atoms with Gasteiger partial charge in [0.05, 0.1) is 22.9 Å². The smallest absolute Gasteiger partial charge is 0.416 e. The lowest BCUT2D eigenvalue weighted by Gasteiger charge is -2.34. The van der Waals surface area contributed by atoms with Gasteiger partial charge in [-0.25, -0.2) is 14.5 Å². The van der Waals surface area contributed by atoms with Crippen molar-refractivity contribution in [2.45, 2.75) is 19.5 Å². The van der Waals surface area contributed by atoms with Gasteiger partial charge in [-0.2, -0.15) is 18.3 Å². The van der Waals surface area contributed by atoms with Gasteiger partial charge >= 0.3 is 18.2 Å². The van der Waals surface area contributed by atoms with Crippen LogP contribution in [0.15, 0.2) is 30.9 Å². The molecule has 3 rings (SSSR count). The molecule has 2 aromatic rings. The number of hydrogen-bond acceptors (Lipinski definition) is 4. The largest absolute Gasteiger partial charge is 0.481 e. The first-order valence-electron chi connectivity index (χ1n) is 8.50. The SMILES string of the molecule is CC1CC(C(=O)O)CN(C(=O)Nc2cc(C(F)(F)F)ccc2-n2cncn2)C1. The van der Waals surface area contributed by atoms with Crippen LogP contribution in [0.2, 0.25) is 0 Å². The number of carbonyl (C=O) groups excluding carboxylic acids is 1. The Balaban J connectivity index is 1.89. The molecular weight excluding hydrogens is 379 g/mol. The molecule has 11 heteroatoms. The molecule has 0 aliphatic carbocycles. The van der Waals surface area contributed by atoms with Crippen LogP contribution >= 0.6 is 0 Å². The van der Waals surface area contributed by atoms with Crippen LogP contribution in [0.5, 0.6) is 0 Å². The van der Waals surface area contributed by atoms with Gasteiger partial charge < -0.3 is 15.3 Å². The van der Waals surface area contributed by atoms with E-state index in [0.717, 1.165) is 12.1 Å². The maximum absolute atomic E-state index is 13.1. The number of rotatable bonds is 3. The fourth-order valence-electron chi connectivity index (χ4n) is 3.24. The Bertz CT molecular complexity index is 869. The summed E-state index contributed by atoms with van der Waals surface area (Å²) in [6, 6.07) is 2.22. The van der Waals surface area contributed by atoms with Crippen molar-refractivity contribution in [1.29, 1.82) is 0 Å². The minimum Gasteiger partial charge on any atom is -0.481 e. The van der Waals surface area contributed by atoms with Crippen LogP contribution in [-0.4, -0.2) is 49.9 Å². The van der Waals surface area contributed by atoms with Gasteiger partial charge in [-0.05, 0) is 30.5 Å². The maximum atomic E-state index is 13.1. The number of urea groups is 1. The Morgan fingerprint density at radius 2 is 2.04 bits per heavy atom. The van der Waals surface area contributed by atoms with E-state index in [4.69, 9.17) is 0 Å². The predicted octanol–water partition coefficient (Wildman–Crippen LogP) is 2.86. The Kier molecular flexibility index (Phi) is 5.25. The number of nitrogens with zero attached hydrogens (tertiary/aromatic N) is 4. The summed E-state index contributed by atoms with van der Waals surface area (Å²) < 4.78 is 40.5. The van der Waals surface area contributed by atoms with Crippen molar-refractivity contribution in [3.05, 3.63) is 36.4 Å². The first kappa shape index (κ1) is 19.6. The van der Waals surface area contributed by atoms with E-state index in [1.165, 1.54) is 28.3 Å². The molecular formula is C17H18F3N5O3. The molecule has 2 N–H and O–H groups in total. The zero-order valence-corrected chi connectivity index (χ0v) is 14.8. The van der Waals surface area contributed by atoms with Crippen molar-refractivity contribution in [3.8, 4) is 5.69 Å². The van der Waals surface area contributed by atoms with E-state index < -0.39 is 29.7 Å². The standard InChI is InChI=1S/C17H18F3N5O3/c1-10-4-11(15(26)27)7-24(6-10)16(28)23-13-5-12(17(18,19)20)2-3-14(13)25-9-21-8-22-25/h2-3,5,8-11H,4,6-7H2,1H3,(H,23,28)(H,26,27). The van der Waals surface area contributed by atoms with Gasteiger partial charge in [-0.1, -0.05) is 6.92 Å². The summed E-state index contributed by atoms with van der Waals surface area (Å²) in [6.45, 7) is 2.12. The first-order chi connectivity index (χ1) is 13.1. The number of benzene rings is 1. The van der Waals surface area contributed by atoms with Gasteiger partial charge in [0, 0.05) is 13.1 Å². The minimum absolute atomic E-state index is 0.0108. The van der Waals surface area contributed by atoms with Crippen LogP contribution in [0, 0.1) is 11.8 Å². The highest BCUT2D eigenvalue weighted by molar-refractivity contribution is 5.92. The molecule has 2 amide bonds. The van der Waals surface area contributed by atoms with Crippen molar-refractivity contribution >= 4 is 17.7 Å². The van der Waals surface area contributed by atoms with E-state index >= 15 is 0 Å². The zero-order valence-electron chi connectivity index (χ0n) is 14.8. The second kappa shape index (κ2) is 7.49. The second-order valence-electron chi connectivity index (χ2n) is 6.78. The maximum Gasteiger partial charge on any atom is 0.416 e. The van der Waals surface area contributed by atoms with Crippen molar-refractivity contribution in [3.63, 3.8) is 0 Å². The number of nitrogens with one attached hydrogen (secondary N) is 1. The zero-order chi connectivity index (χ0) is 20.5. The molecule has 0 radical (unpaired) electrons. The molecule has 0 saturated carbocycles. The number of alkyl halides is 3. The lowest BCUT2D eigenvalue weighted by atomic mass is 9.91. The summed E-state index contributed by atoms with van der Waals surface area (Å²) in [5.74, 6) is -1.77. The second-order valence-corrected chi connectivity index (χ2v) is 6.78. The van der Waals surface area contributed by atoms with Crippen molar-refractivity contribution in [2.75, 3.05) is 18.4 Å². The lowest BCUT2D eigenvalue weighted by molar-refractivity contribution is -0.143. The van der Waals surface area contributed by atoms with Gasteiger partial charge in [-0.3, -0.25) is 4.79 Å².